The van der Waals surface area contributed by atoms with Crippen LogP contribution >= 0.6 is 0 Å². The van der Waals surface area contributed by atoms with Crippen LogP contribution in [0.15, 0.2) is 45.5 Å². The molecule has 8 heteroatoms. The van der Waals surface area contributed by atoms with Crippen LogP contribution in [0, 0.1) is 5.92 Å². The molecule has 0 atom stereocenters. The largest absolute Gasteiger partial charge is 0.444 e. The monoisotopic (exact) mass is 369 g/mol. The molecule has 0 fully saturated rings. The Labute approximate surface area is 157 Å². The number of rotatable bonds is 7. The van der Waals surface area contributed by atoms with Crippen molar-refractivity contribution in [1.82, 2.24) is 25.3 Å². The van der Waals surface area contributed by atoms with Crippen molar-refractivity contribution in [2.45, 2.75) is 33.4 Å². The average Bonchev–Trinajstić information content (AvgIpc) is 3.29. The molecule has 27 heavy (non-hydrogen) atoms. The zero-order chi connectivity index (χ0) is 19.2. The normalized spacial score (nSPS) is 11.0. The lowest BCUT2D eigenvalue weighted by Gasteiger charge is -2.15. The van der Waals surface area contributed by atoms with Gasteiger partial charge in [0.1, 0.15) is 12.8 Å². The van der Waals surface area contributed by atoms with Gasteiger partial charge in [0.15, 0.2) is 5.82 Å². The van der Waals surface area contributed by atoms with Crippen LogP contribution in [-0.4, -0.2) is 33.1 Å². The molecular weight excluding hydrogens is 346 g/mol. The van der Waals surface area contributed by atoms with Crippen LogP contribution in [0.5, 0.6) is 0 Å². The third-order valence-corrected chi connectivity index (χ3v) is 3.81. The lowest BCUT2D eigenvalue weighted by atomic mass is 10.1. The third-order valence-electron chi connectivity index (χ3n) is 3.81. The van der Waals surface area contributed by atoms with Crippen LogP contribution in [0.25, 0.3) is 11.5 Å². The number of nitrogens with one attached hydrogen (secondary N) is 1. The van der Waals surface area contributed by atoms with E-state index in [9.17, 15) is 4.79 Å². The standard InChI is InChI=1S/C19H23N5O3/c1-13(2)9-16-22-17(27-23-16)11-24(3)19(25)20-10-15-12-26-18(21-15)14-7-5-4-6-8-14/h4-8,12-13H,9-11H2,1-3H3,(H,20,25). The number of benzene rings is 1. The molecule has 0 radical (unpaired) electrons. The van der Waals surface area contributed by atoms with Gasteiger partial charge in [0.2, 0.25) is 11.8 Å². The highest BCUT2D eigenvalue weighted by Gasteiger charge is 2.15. The Morgan fingerprint density at radius 1 is 1.22 bits per heavy atom. The summed E-state index contributed by atoms with van der Waals surface area (Å²) in [5.41, 5.74) is 1.54. The van der Waals surface area contributed by atoms with Gasteiger partial charge in [-0.3, -0.25) is 0 Å². The number of hydrogen-bond donors (Lipinski definition) is 1. The fraction of sp³-hybridized carbons (Fsp3) is 0.368. The maximum atomic E-state index is 12.2. The number of carbonyl (C=O) groups excluding carboxylic acids is 1. The van der Waals surface area contributed by atoms with E-state index < -0.39 is 0 Å². The van der Waals surface area contributed by atoms with E-state index in [1.165, 1.54) is 4.90 Å². The summed E-state index contributed by atoms with van der Waals surface area (Å²) in [7, 11) is 1.67. The van der Waals surface area contributed by atoms with Crippen LogP contribution in [0.2, 0.25) is 0 Å². The quantitative estimate of drug-likeness (QED) is 0.686. The number of hydrogen-bond acceptors (Lipinski definition) is 6. The average molecular weight is 369 g/mol. The molecule has 0 bridgehead atoms. The van der Waals surface area contributed by atoms with E-state index >= 15 is 0 Å². The SMILES string of the molecule is CC(C)Cc1noc(CN(C)C(=O)NCc2coc(-c3ccccc3)n2)n1. The number of urea groups is 1. The van der Waals surface area contributed by atoms with E-state index in [-0.39, 0.29) is 19.1 Å². The summed E-state index contributed by atoms with van der Waals surface area (Å²) in [6.45, 7) is 4.68. The van der Waals surface area contributed by atoms with Gasteiger partial charge >= 0.3 is 6.03 Å². The summed E-state index contributed by atoms with van der Waals surface area (Å²) in [4.78, 5) is 22.4. The van der Waals surface area contributed by atoms with Crippen LogP contribution in [-0.2, 0) is 19.5 Å². The molecule has 8 nitrogen and oxygen atoms in total. The predicted octanol–water partition coefficient (Wildman–Crippen LogP) is 3.26. The number of carbonyl (C=O) groups is 1. The molecule has 2 aromatic heterocycles. The summed E-state index contributed by atoms with van der Waals surface area (Å²) in [5, 5.41) is 6.72. The van der Waals surface area contributed by atoms with Gasteiger partial charge in [-0.1, -0.05) is 37.2 Å². The third kappa shape index (κ3) is 5.16. The van der Waals surface area contributed by atoms with E-state index in [1.54, 1.807) is 13.3 Å². The van der Waals surface area contributed by atoms with Crippen molar-refractivity contribution in [3.8, 4) is 11.5 Å². The summed E-state index contributed by atoms with van der Waals surface area (Å²) >= 11 is 0. The number of nitrogens with zero attached hydrogens (tertiary/aromatic N) is 4. The minimum atomic E-state index is -0.261. The minimum absolute atomic E-state index is 0.241. The molecule has 0 aliphatic heterocycles. The number of aromatic nitrogens is 3. The maximum absolute atomic E-state index is 12.2. The van der Waals surface area contributed by atoms with E-state index in [0.29, 0.717) is 29.2 Å². The fourth-order valence-electron chi connectivity index (χ4n) is 2.48. The Hall–Kier alpha value is -3.16. The van der Waals surface area contributed by atoms with Crippen molar-refractivity contribution in [3.05, 3.63) is 54.0 Å². The molecule has 0 aliphatic carbocycles. The Balaban J connectivity index is 1.50. The Morgan fingerprint density at radius 3 is 2.74 bits per heavy atom. The summed E-state index contributed by atoms with van der Waals surface area (Å²) in [6, 6.07) is 9.33. The molecule has 1 aromatic carbocycles. The van der Waals surface area contributed by atoms with E-state index in [0.717, 1.165) is 12.0 Å². The lowest BCUT2D eigenvalue weighted by Crippen LogP contribution is -2.36. The van der Waals surface area contributed by atoms with Gasteiger partial charge in [-0.05, 0) is 18.1 Å². The van der Waals surface area contributed by atoms with Crippen LogP contribution in [0.1, 0.15) is 31.3 Å². The molecule has 0 saturated heterocycles. The smallest absolute Gasteiger partial charge is 0.317 e. The highest BCUT2D eigenvalue weighted by Crippen LogP contribution is 2.17. The van der Waals surface area contributed by atoms with E-state index in [4.69, 9.17) is 8.94 Å². The second-order valence-electron chi connectivity index (χ2n) is 6.73. The number of oxazole rings is 1. The first-order valence-electron chi connectivity index (χ1n) is 8.81. The summed E-state index contributed by atoms with van der Waals surface area (Å²) < 4.78 is 10.7. The highest BCUT2D eigenvalue weighted by molar-refractivity contribution is 5.73. The van der Waals surface area contributed by atoms with Gasteiger partial charge < -0.3 is 19.2 Å². The van der Waals surface area contributed by atoms with Crippen LogP contribution in [0.3, 0.4) is 0 Å². The molecule has 0 spiro atoms. The molecule has 0 unspecified atom stereocenters. The van der Waals surface area contributed by atoms with Gasteiger partial charge in [-0.25, -0.2) is 9.78 Å². The van der Waals surface area contributed by atoms with Crippen LogP contribution in [0.4, 0.5) is 4.79 Å². The molecule has 0 saturated carbocycles. The van der Waals surface area contributed by atoms with Crippen molar-refractivity contribution in [3.63, 3.8) is 0 Å². The molecular formula is C19H23N5O3. The van der Waals surface area contributed by atoms with Crippen molar-refractivity contribution >= 4 is 6.03 Å². The van der Waals surface area contributed by atoms with Crippen molar-refractivity contribution < 1.29 is 13.7 Å². The lowest BCUT2D eigenvalue weighted by molar-refractivity contribution is 0.199. The van der Waals surface area contributed by atoms with Gasteiger partial charge in [0.25, 0.3) is 0 Å². The predicted molar refractivity (Wildman–Crippen MR) is 98.5 cm³/mol. The second-order valence-corrected chi connectivity index (χ2v) is 6.73. The summed E-state index contributed by atoms with van der Waals surface area (Å²) in [6.07, 6.45) is 2.29. The molecule has 3 aromatic rings. The van der Waals surface area contributed by atoms with Gasteiger partial charge in [0.05, 0.1) is 12.2 Å². The van der Waals surface area contributed by atoms with Gasteiger partial charge in [-0.2, -0.15) is 4.98 Å². The molecule has 2 amide bonds. The van der Waals surface area contributed by atoms with E-state index in [1.807, 2.05) is 30.3 Å². The van der Waals surface area contributed by atoms with Crippen molar-refractivity contribution in [2.75, 3.05) is 7.05 Å². The second kappa shape index (κ2) is 8.48. The first-order chi connectivity index (χ1) is 13.0. The number of amides is 2. The fourth-order valence-corrected chi connectivity index (χ4v) is 2.48. The molecule has 3 rings (SSSR count). The molecule has 142 valence electrons. The minimum Gasteiger partial charge on any atom is -0.444 e. The highest BCUT2D eigenvalue weighted by atomic mass is 16.5. The maximum Gasteiger partial charge on any atom is 0.317 e. The first kappa shape index (κ1) is 18.6. The summed E-state index contributed by atoms with van der Waals surface area (Å²) in [5.74, 6) is 2.04. The van der Waals surface area contributed by atoms with Crippen LogP contribution < -0.4 is 5.32 Å². The molecule has 1 N–H and O–H groups in total. The van der Waals surface area contributed by atoms with Crippen molar-refractivity contribution in [1.29, 1.82) is 0 Å². The zero-order valence-corrected chi connectivity index (χ0v) is 15.7. The Morgan fingerprint density at radius 2 is 2.00 bits per heavy atom. The zero-order valence-electron chi connectivity index (χ0n) is 15.7. The van der Waals surface area contributed by atoms with Gasteiger partial charge in [0, 0.05) is 19.0 Å². The van der Waals surface area contributed by atoms with Crippen molar-refractivity contribution in [2.24, 2.45) is 5.92 Å². The van der Waals surface area contributed by atoms with E-state index in [2.05, 4.69) is 34.3 Å². The van der Waals surface area contributed by atoms with Gasteiger partial charge in [-0.15, -0.1) is 0 Å². The Kier molecular flexibility index (Phi) is 5.85. The molecule has 2 heterocycles. The Bertz CT molecular complexity index is 872. The molecule has 0 aliphatic rings. The first-order valence-corrected chi connectivity index (χ1v) is 8.81. The topological polar surface area (TPSA) is 97.3 Å².